The van der Waals surface area contributed by atoms with Gasteiger partial charge in [-0.2, -0.15) is 0 Å². The van der Waals surface area contributed by atoms with Crippen LogP contribution in [0.5, 0.6) is 0 Å². The number of allylic oxidation sites excluding steroid dienone is 1. The molecule has 0 saturated heterocycles. The maximum atomic E-state index is 13.2. The summed E-state index contributed by atoms with van der Waals surface area (Å²) in [6.45, 7) is 2.64. The Kier molecular flexibility index (Phi) is 6.83. The summed E-state index contributed by atoms with van der Waals surface area (Å²) in [5.41, 5.74) is 3.52. The van der Waals surface area contributed by atoms with Gasteiger partial charge in [0.15, 0.2) is 5.76 Å². The fraction of sp³-hybridized carbons (Fsp3) is 0.333. The number of para-hydroxylation sites is 3. The van der Waals surface area contributed by atoms with Gasteiger partial charge in [0.2, 0.25) is 6.29 Å². The van der Waals surface area contributed by atoms with Gasteiger partial charge in [0.05, 0.1) is 23.8 Å². The van der Waals surface area contributed by atoms with Crippen LogP contribution in [0.4, 0.5) is 0 Å². The quantitative estimate of drug-likeness (QED) is 0.332. The summed E-state index contributed by atoms with van der Waals surface area (Å²) in [5, 5.41) is 13.4. The first-order valence-corrected chi connectivity index (χ1v) is 12.0. The van der Waals surface area contributed by atoms with E-state index < -0.39 is 6.29 Å². The zero-order valence-electron chi connectivity index (χ0n) is 19.6. The number of aliphatic hydroxyl groups is 1. The van der Waals surface area contributed by atoms with E-state index in [1.54, 1.807) is 6.26 Å². The first-order chi connectivity index (χ1) is 17.2. The lowest BCUT2D eigenvalue weighted by atomic mass is 9.80. The molecule has 0 fully saturated rings. The second kappa shape index (κ2) is 10.3. The molecular weight excluding hydrogens is 446 g/mol. The van der Waals surface area contributed by atoms with Gasteiger partial charge in [-0.05, 0) is 44.0 Å². The molecule has 3 N–H and O–H groups in total. The lowest BCUT2D eigenvalue weighted by Gasteiger charge is -2.36. The molecule has 0 bridgehead atoms. The number of ether oxygens (including phenoxy) is 2. The van der Waals surface area contributed by atoms with Crippen LogP contribution in [0.3, 0.4) is 0 Å². The van der Waals surface area contributed by atoms with E-state index >= 15 is 0 Å². The van der Waals surface area contributed by atoms with E-state index in [2.05, 4.69) is 15.3 Å². The number of H-pyrrole nitrogens is 1. The van der Waals surface area contributed by atoms with E-state index in [0.717, 1.165) is 27.6 Å². The topological polar surface area (TPSA) is 110 Å². The third-order valence-corrected chi connectivity index (χ3v) is 6.36. The summed E-state index contributed by atoms with van der Waals surface area (Å²) in [6.07, 6.45) is 4.25. The van der Waals surface area contributed by atoms with Crippen LogP contribution in [0.15, 0.2) is 71.0 Å². The highest BCUT2D eigenvalue weighted by Crippen LogP contribution is 2.42. The van der Waals surface area contributed by atoms with Gasteiger partial charge in [-0.3, -0.25) is 4.79 Å². The average molecular weight is 476 g/mol. The molecule has 0 unspecified atom stereocenters. The van der Waals surface area contributed by atoms with Crippen molar-refractivity contribution in [1.82, 2.24) is 15.3 Å². The zero-order valence-corrected chi connectivity index (χ0v) is 19.6. The van der Waals surface area contributed by atoms with Crippen molar-refractivity contribution in [2.24, 2.45) is 5.92 Å². The van der Waals surface area contributed by atoms with Gasteiger partial charge < -0.3 is 29.3 Å². The number of rotatable bonds is 9. The summed E-state index contributed by atoms with van der Waals surface area (Å²) in [4.78, 5) is 20.9. The summed E-state index contributed by atoms with van der Waals surface area (Å²) in [6, 6.07) is 15.6. The largest absolute Gasteiger partial charge is 0.464 e. The van der Waals surface area contributed by atoms with Crippen molar-refractivity contribution in [3.8, 4) is 0 Å². The first-order valence-electron chi connectivity index (χ1n) is 12.0. The van der Waals surface area contributed by atoms with Gasteiger partial charge in [0.1, 0.15) is 11.4 Å². The molecule has 2 aromatic heterocycles. The number of amides is 1. The molecule has 1 aliphatic rings. The van der Waals surface area contributed by atoms with E-state index in [9.17, 15) is 9.90 Å². The Hall–Kier alpha value is -3.62. The molecule has 5 rings (SSSR count). The molecule has 1 aliphatic heterocycles. The van der Waals surface area contributed by atoms with Crippen LogP contribution < -0.4 is 5.32 Å². The van der Waals surface area contributed by atoms with Crippen molar-refractivity contribution in [3.63, 3.8) is 0 Å². The Balaban J connectivity index is 1.43. The van der Waals surface area contributed by atoms with Gasteiger partial charge >= 0.3 is 0 Å². The lowest BCUT2D eigenvalue weighted by Crippen LogP contribution is -2.39. The van der Waals surface area contributed by atoms with Gasteiger partial charge in [-0.25, -0.2) is 4.98 Å². The van der Waals surface area contributed by atoms with Crippen molar-refractivity contribution in [2.45, 2.75) is 38.5 Å². The number of carbonyl (C=O) groups is 1. The SMILES string of the molecule is CCO[C@@H]1OC(C(=O)NCc2nc3ccccc3[nH]2)=C[C@H](c2coc3ccccc23)[C@@H]1CCCO. The number of hydrogen-bond acceptors (Lipinski definition) is 6. The number of fused-ring (bicyclic) bond motifs is 2. The minimum absolute atomic E-state index is 0.0722. The van der Waals surface area contributed by atoms with E-state index in [0.29, 0.717) is 25.3 Å². The van der Waals surface area contributed by atoms with Gasteiger partial charge in [-0.15, -0.1) is 0 Å². The molecule has 8 nitrogen and oxygen atoms in total. The molecule has 8 heteroatoms. The number of furan rings is 1. The summed E-state index contributed by atoms with van der Waals surface area (Å²) in [5.74, 6) is 0.261. The Morgan fingerprint density at radius 3 is 2.86 bits per heavy atom. The van der Waals surface area contributed by atoms with Gasteiger partial charge in [0, 0.05) is 36.0 Å². The van der Waals surface area contributed by atoms with Crippen LogP contribution in [0.1, 0.15) is 37.1 Å². The molecular formula is C27H29N3O5. The third kappa shape index (κ3) is 4.80. The maximum absolute atomic E-state index is 13.2. The second-order valence-corrected chi connectivity index (χ2v) is 8.60. The number of aromatic amines is 1. The van der Waals surface area contributed by atoms with Crippen LogP contribution in [-0.2, 0) is 20.8 Å². The standard InChI is InChI=1S/C27H29N3O5/c1-2-33-27-18(9-7-13-31)19(20-16-34-23-12-6-3-8-17(20)23)14-24(35-27)26(32)28-15-25-29-21-10-4-5-11-22(21)30-25/h3-6,8,10-12,14,16,18-19,27,31H,2,7,9,13,15H2,1H3,(H,28,32)(H,29,30)/t18-,19-,27+/m0/s1. The number of nitrogens with one attached hydrogen (secondary N) is 2. The number of imidazole rings is 1. The van der Waals surface area contributed by atoms with Crippen molar-refractivity contribution in [3.05, 3.63) is 78.0 Å². The Bertz CT molecular complexity index is 1310. The molecule has 0 spiro atoms. The minimum Gasteiger partial charge on any atom is -0.464 e. The van der Waals surface area contributed by atoms with E-state index in [1.165, 1.54) is 0 Å². The van der Waals surface area contributed by atoms with Crippen LogP contribution in [0, 0.1) is 5.92 Å². The maximum Gasteiger partial charge on any atom is 0.286 e. The van der Waals surface area contributed by atoms with Crippen molar-refractivity contribution in [1.29, 1.82) is 0 Å². The second-order valence-electron chi connectivity index (χ2n) is 8.60. The normalized spacial score (nSPS) is 20.1. The molecule has 0 aliphatic carbocycles. The minimum atomic E-state index is -0.623. The van der Waals surface area contributed by atoms with E-state index in [4.69, 9.17) is 13.9 Å². The number of carbonyl (C=O) groups excluding carboxylic acids is 1. The number of aliphatic hydroxyl groups excluding tert-OH is 1. The number of aromatic nitrogens is 2. The predicted molar refractivity (Wildman–Crippen MR) is 131 cm³/mol. The molecule has 182 valence electrons. The van der Waals surface area contributed by atoms with E-state index in [-0.39, 0.29) is 36.7 Å². The number of nitrogens with zero attached hydrogens (tertiary/aromatic N) is 1. The monoisotopic (exact) mass is 475 g/mol. The van der Waals surface area contributed by atoms with Crippen LogP contribution >= 0.6 is 0 Å². The van der Waals surface area contributed by atoms with Crippen LogP contribution in [0.25, 0.3) is 22.0 Å². The highest BCUT2D eigenvalue weighted by atomic mass is 16.7. The molecule has 35 heavy (non-hydrogen) atoms. The summed E-state index contributed by atoms with van der Waals surface area (Å²) in [7, 11) is 0. The Labute approximate surface area is 202 Å². The fourth-order valence-electron chi connectivity index (χ4n) is 4.72. The summed E-state index contributed by atoms with van der Waals surface area (Å²) >= 11 is 0. The molecule has 1 amide bonds. The molecule has 0 radical (unpaired) electrons. The lowest BCUT2D eigenvalue weighted by molar-refractivity contribution is -0.166. The summed E-state index contributed by atoms with van der Waals surface area (Å²) < 4.78 is 17.8. The highest BCUT2D eigenvalue weighted by molar-refractivity contribution is 5.92. The molecule has 3 atom stereocenters. The highest BCUT2D eigenvalue weighted by Gasteiger charge is 2.39. The van der Waals surface area contributed by atoms with Crippen molar-refractivity contribution >= 4 is 27.9 Å². The predicted octanol–water partition coefficient (Wildman–Crippen LogP) is 4.37. The molecule has 4 aromatic rings. The molecule has 0 saturated carbocycles. The zero-order chi connectivity index (χ0) is 24.2. The number of benzene rings is 2. The number of hydrogen-bond donors (Lipinski definition) is 3. The van der Waals surface area contributed by atoms with Crippen LogP contribution in [-0.4, -0.2) is 40.5 Å². The Morgan fingerprint density at radius 2 is 2.03 bits per heavy atom. The molecule has 2 aromatic carbocycles. The first kappa shape index (κ1) is 23.1. The van der Waals surface area contributed by atoms with Gasteiger partial charge in [-0.1, -0.05) is 30.3 Å². The van der Waals surface area contributed by atoms with E-state index in [1.807, 2.05) is 61.5 Å². The average Bonchev–Trinajstić information content (AvgIpc) is 3.50. The van der Waals surface area contributed by atoms with Gasteiger partial charge in [0.25, 0.3) is 5.91 Å². The van der Waals surface area contributed by atoms with Crippen molar-refractivity contribution < 1.29 is 23.8 Å². The fourth-order valence-corrected chi connectivity index (χ4v) is 4.72. The smallest absolute Gasteiger partial charge is 0.286 e. The van der Waals surface area contributed by atoms with Crippen LogP contribution in [0.2, 0.25) is 0 Å². The third-order valence-electron chi connectivity index (χ3n) is 6.36. The van der Waals surface area contributed by atoms with Crippen molar-refractivity contribution in [2.75, 3.05) is 13.2 Å². The Morgan fingerprint density at radius 1 is 1.20 bits per heavy atom. The molecule has 3 heterocycles.